The number of para-hydroxylation sites is 1. The second-order valence-corrected chi connectivity index (χ2v) is 6.96. The second kappa shape index (κ2) is 6.54. The van der Waals surface area contributed by atoms with E-state index < -0.39 is 0 Å². The van der Waals surface area contributed by atoms with Crippen LogP contribution in [0.3, 0.4) is 0 Å². The number of hydrogen-bond acceptors (Lipinski definition) is 3. The highest BCUT2D eigenvalue weighted by Gasteiger charge is 2.47. The zero-order valence-electron chi connectivity index (χ0n) is 14.8. The van der Waals surface area contributed by atoms with Crippen LogP contribution in [0.15, 0.2) is 30.6 Å². The number of H-pyrrole nitrogens is 1. The summed E-state index contributed by atoms with van der Waals surface area (Å²) in [5.74, 6) is 0.744. The number of nitrogens with one attached hydrogen (secondary N) is 1. The fourth-order valence-electron chi connectivity index (χ4n) is 4.49. The normalized spacial score (nSPS) is 18.8. The molecule has 2 aliphatic rings. The zero-order valence-corrected chi connectivity index (χ0v) is 14.8. The van der Waals surface area contributed by atoms with Crippen LogP contribution in [0.4, 0.5) is 0 Å². The molecule has 0 bridgehead atoms. The van der Waals surface area contributed by atoms with E-state index in [0.29, 0.717) is 17.9 Å². The molecule has 5 heteroatoms. The van der Waals surface area contributed by atoms with E-state index in [1.54, 1.807) is 6.33 Å². The summed E-state index contributed by atoms with van der Waals surface area (Å²) < 4.78 is 5.71. The number of imidazole rings is 1. The molecule has 4 rings (SSSR count). The van der Waals surface area contributed by atoms with Crippen molar-refractivity contribution in [1.29, 1.82) is 0 Å². The summed E-state index contributed by atoms with van der Waals surface area (Å²) in [5, 5.41) is 0. The van der Waals surface area contributed by atoms with Crippen LogP contribution >= 0.6 is 0 Å². The van der Waals surface area contributed by atoms with Gasteiger partial charge in [0.15, 0.2) is 0 Å². The number of ether oxygens (including phenoxy) is 1. The first-order valence-corrected chi connectivity index (χ1v) is 9.33. The van der Waals surface area contributed by atoms with Crippen molar-refractivity contribution in [2.24, 2.45) is 0 Å². The highest BCUT2D eigenvalue weighted by molar-refractivity contribution is 5.97. The first-order chi connectivity index (χ1) is 12.3. The molecule has 132 valence electrons. The topological polar surface area (TPSA) is 58.2 Å². The predicted molar refractivity (Wildman–Crippen MR) is 95.7 cm³/mol. The molecule has 5 nitrogen and oxygen atoms in total. The van der Waals surface area contributed by atoms with Gasteiger partial charge in [-0.3, -0.25) is 4.79 Å². The highest BCUT2D eigenvalue weighted by Crippen LogP contribution is 2.46. The summed E-state index contributed by atoms with van der Waals surface area (Å²) in [5.41, 5.74) is 2.68. The fraction of sp³-hybridized carbons (Fsp3) is 0.500. The number of benzene rings is 1. The number of carbonyl (C=O) groups is 1. The summed E-state index contributed by atoms with van der Waals surface area (Å²) in [4.78, 5) is 23.5. The van der Waals surface area contributed by atoms with E-state index in [1.807, 2.05) is 31.2 Å². The Labute approximate surface area is 148 Å². The Bertz CT molecular complexity index is 762. The van der Waals surface area contributed by atoms with E-state index in [0.717, 1.165) is 44.3 Å². The number of nitrogens with zero attached hydrogens (tertiary/aromatic N) is 2. The summed E-state index contributed by atoms with van der Waals surface area (Å²) in [7, 11) is 0. The molecule has 0 radical (unpaired) electrons. The van der Waals surface area contributed by atoms with Gasteiger partial charge in [-0.2, -0.15) is 0 Å². The minimum absolute atomic E-state index is 0.0691. The van der Waals surface area contributed by atoms with Crippen molar-refractivity contribution in [1.82, 2.24) is 14.9 Å². The number of hydrogen-bond donors (Lipinski definition) is 1. The Morgan fingerprint density at radius 3 is 2.88 bits per heavy atom. The van der Waals surface area contributed by atoms with E-state index in [2.05, 4.69) is 14.9 Å². The average molecular weight is 339 g/mol. The maximum Gasteiger partial charge on any atom is 0.258 e. The van der Waals surface area contributed by atoms with Gasteiger partial charge >= 0.3 is 0 Å². The Kier molecular flexibility index (Phi) is 4.24. The van der Waals surface area contributed by atoms with Crippen LogP contribution < -0.4 is 4.74 Å². The van der Waals surface area contributed by atoms with Gasteiger partial charge < -0.3 is 14.6 Å². The SMILES string of the molecule is CCOc1ccccc1C(=O)N1CCc2[nH]cnc2C12CCCCC2. The fourth-order valence-corrected chi connectivity index (χ4v) is 4.49. The standard InChI is InChI=1S/C20H25N3O2/c1-2-25-17-9-5-4-8-15(17)19(24)23-13-10-16-18(22-14-21-16)20(23)11-6-3-7-12-20/h4-5,8-9,14H,2-3,6-7,10-13H2,1H3,(H,21,22). The van der Waals surface area contributed by atoms with Crippen LogP contribution in [-0.4, -0.2) is 33.9 Å². The van der Waals surface area contributed by atoms with Gasteiger partial charge in [0.1, 0.15) is 5.75 Å². The van der Waals surface area contributed by atoms with Crippen molar-refractivity contribution in [3.05, 3.63) is 47.5 Å². The van der Waals surface area contributed by atoms with Gasteiger partial charge in [-0.25, -0.2) is 4.98 Å². The quantitative estimate of drug-likeness (QED) is 0.928. The van der Waals surface area contributed by atoms with Gasteiger partial charge in [0.05, 0.1) is 29.7 Å². The molecule has 1 saturated carbocycles. The number of fused-ring (bicyclic) bond motifs is 2. The number of rotatable bonds is 3. The Hall–Kier alpha value is -2.30. The summed E-state index contributed by atoms with van der Waals surface area (Å²) in [6.45, 7) is 3.23. The van der Waals surface area contributed by atoms with Gasteiger partial charge in [-0.1, -0.05) is 31.4 Å². The third kappa shape index (κ3) is 2.62. The molecular formula is C20H25N3O2. The van der Waals surface area contributed by atoms with E-state index in [4.69, 9.17) is 4.74 Å². The summed E-state index contributed by atoms with van der Waals surface area (Å²) in [6.07, 6.45) is 8.12. The molecule has 1 aliphatic carbocycles. The van der Waals surface area contributed by atoms with Crippen LogP contribution in [0.2, 0.25) is 0 Å². The van der Waals surface area contributed by atoms with Crippen LogP contribution in [0.25, 0.3) is 0 Å². The van der Waals surface area contributed by atoms with E-state index >= 15 is 0 Å². The Morgan fingerprint density at radius 1 is 1.28 bits per heavy atom. The smallest absolute Gasteiger partial charge is 0.258 e. The molecule has 1 aromatic heterocycles. The number of aromatic amines is 1. The molecular weight excluding hydrogens is 314 g/mol. The monoisotopic (exact) mass is 339 g/mol. The van der Waals surface area contributed by atoms with Crippen molar-refractivity contribution >= 4 is 5.91 Å². The summed E-state index contributed by atoms with van der Waals surface area (Å²) >= 11 is 0. The van der Waals surface area contributed by atoms with E-state index in [1.165, 1.54) is 12.1 Å². The lowest BCUT2D eigenvalue weighted by Crippen LogP contribution is -2.54. The Morgan fingerprint density at radius 2 is 2.08 bits per heavy atom. The van der Waals surface area contributed by atoms with Crippen LogP contribution in [-0.2, 0) is 12.0 Å². The molecule has 0 atom stereocenters. The van der Waals surface area contributed by atoms with Gasteiger partial charge in [-0.05, 0) is 31.9 Å². The lowest BCUT2D eigenvalue weighted by molar-refractivity contribution is 0.0244. The maximum absolute atomic E-state index is 13.5. The molecule has 1 amide bonds. The molecule has 1 N–H and O–H groups in total. The molecule has 0 unspecified atom stereocenters. The van der Waals surface area contributed by atoms with Crippen LogP contribution in [0.5, 0.6) is 5.75 Å². The van der Waals surface area contributed by atoms with Crippen molar-refractivity contribution < 1.29 is 9.53 Å². The second-order valence-electron chi connectivity index (χ2n) is 6.96. The van der Waals surface area contributed by atoms with Crippen LogP contribution in [0.1, 0.15) is 60.8 Å². The lowest BCUT2D eigenvalue weighted by atomic mass is 9.74. The molecule has 1 spiro atoms. The van der Waals surface area contributed by atoms with E-state index in [-0.39, 0.29) is 11.4 Å². The molecule has 2 aromatic rings. The molecule has 25 heavy (non-hydrogen) atoms. The molecule has 2 heterocycles. The highest BCUT2D eigenvalue weighted by atomic mass is 16.5. The minimum atomic E-state index is -0.262. The van der Waals surface area contributed by atoms with Gasteiger partial charge in [0, 0.05) is 18.7 Å². The van der Waals surface area contributed by atoms with Crippen molar-refractivity contribution in [3.63, 3.8) is 0 Å². The van der Waals surface area contributed by atoms with E-state index in [9.17, 15) is 4.79 Å². The summed E-state index contributed by atoms with van der Waals surface area (Å²) in [6, 6.07) is 7.59. The first kappa shape index (κ1) is 16.2. The predicted octanol–water partition coefficient (Wildman–Crippen LogP) is 3.67. The molecule has 1 aromatic carbocycles. The number of amides is 1. The first-order valence-electron chi connectivity index (χ1n) is 9.33. The zero-order chi connectivity index (χ0) is 17.3. The number of carbonyl (C=O) groups excluding carboxylic acids is 1. The van der Waals surface area contributed by atoms with Crippen molar-refractivity contribution in [2.45, 2.75) is 51.0 Å². The van der Waals surface area contributed by atoms with Crippen LogP contribution in [0, 0.1) is 0 Å². The maximum atomic E-state index is 13.5. The van der Waals surface area contributed by atoms with Crippen molar-refractivity contribution in [3.8, 4) is 5.75 Å². The third-order valence-corrected chi connectivity index (χ3v) is 5.60. The van der Waals surface area contributed by atoms with Gasteiger partial charge in [0.2, 0.25) is 0 Å². The largest absolute Gasteiger partial charge is 0.493 e. The molecule has 1 aliphatic heterocycles. The van der Waals surface area contributed by atoms with Crippen molar-refractivity contribution in [2.75, 3.05) is 13.2 Å². The third-order valence-electron chi connectivity index (χ3n) is 5.60. The molecule has 0 saturated heterocycles. The lowest BCUT2D eigenvalue weighted by Gasteiger charge is -2.48. The number of aromatic nitrogens is 2. The Balaban J connectivity index is 1.75. The molecule has 1 fully saturated rings. The van der Waals surface area contributed by atoms with Gasteiger partial charge in [0.25, 0.3) is 5.91 Å². The minimum Gasteiger partial charge on any atom is -0.493 e. The average Bonchev–Trinajstić information content (AvgIpc) is 3.13. The van der Waals surface area contributed by atoms with Gasteiger partial charge in [-0.15, -0.1) is 0 Å².